The lowest BCUT2D eigenvalue weighted by atomic mass is 10.0. The summed E-state index contributed by atoms with van der Waals surface area (Å²) in [5.41, 5.74) is 2.19. The second-order valence-electron chi connectivity index (χ2n) is 8.10. The number of nitrogens with two attached hydrogens (primary N) is 1. The molecule has 0 aliphatic carbocycles. The maximum atomic E-state index is 13.2. The molecule has 26 heavy (non-hydrogen) atoms. The van der Waals surface area contributed by atoms with E-state index in [9.17, 15) is 18.7 Å². The highest BCUT2D eigenvalue weighted by molar-refractivity contribution is 5.80. The monoisotopic (exact) mass is 369 g/mol. The van der Waals surface area contributed by atoms with Crippen molar-refractivity contribution in [3.63, 3.8) is 0 Å². The van der Waals surface area contributed by atoms with Crippen molar-refractivity contribution in [3.8, 4) is 0 Å². The summed E-state index contributed by atoms with van der Waals surface area (Å²) in [6.45, 7) is 2.91. The van der Waals surface area contributed by atoms with Crippen molar-refractivity contribution in [1.82, 2.24) is 5.32 Å². The standard InChI is InChI=1S/C19H27F2N3O2/c1-24(8-6-16(25)7-9-24)12-15-4-2-14(3-5-15)11-22-18(26)17-10-19(20,21)13-23-17/h2-5,16-17,23,25H,6-13H2,1H3/p+2. The lowest BCUT2D eigenvalue weighted by molar-refractivity contribution is -0.928. The van der Waals surface area contributed by atoms with E-state index in [1.54, 1.807) is 0 Å². The Kier molecular flexibility index (Phi) is 5.60. The van der Waals surface area contributed by atoms with Gasteiger partial charge in [-0.1, -0.05) is 24.3 Å². The zero-order chi connectivity index (χ0) is 18.8. The Morgan fingerprint density at radius 3 is 2.46 bits per heavy atom. The lowest BCUT2D eigenvalue weighted by Gasteiger charge is -2.39. The van der Waals surface area contributed by atoms with Crippen LogP contribution in [0.2, 0.25) is 0 Å². The van der Waals surface area contributed by atoms with Crippen LogP contribution in [-0.4, -0.2) is 60.2 Å². The SMILES string of the molecule is C[N+]1(Cc2ccc(CNC(=O)C3CC(F)(F)C[NH2+]3)cc2)CCC(O)CC1. The quantitative estimate of drug-likeness (QED) is 0.657. The molecule has 0 saturated carbocycles. The Bertz CT molecular complexity index is 628. The summed E-state index contributed by atoms with van der Waals surface area (Å²) in [6, 6.07) is 7.39. The number of nitrogens with zero attached hydrogens (tertiary/aromatic N) is 1. The zero-order valence-electron chi connectivity index (χ0n) is 15.3. The number of benzene rings is 1. The van der Waals surface area contributed by atoms with Gasteiger partial charge in [0.1, 0.15) is 13.1 Å². The molecule has 2 fully saturated rings. The van der Waals surface area contributed by atoms with Crippen LogP contribution in [-0.2, 0) is 17.9 Å². The van der Waals surface area contributed by atoms with E-state index in [4.69, 9.17) is 0 Å². The van der Waals surface area contributed by atoms with Gasteiger partial charge in [-0.05, 0) is 5.56 Å². The molecule has 0 aromatic heterocycles. The summed E-state index contributed by atoms with van der Waals surface area (Å²) in [5, 5.41) is 13.8. The highest BCUT2D eigenvalue weighted by atomic mass is 19.3. The minimum absolute atomic E-state index is 0.163. The van der Waals surface area contributed by atoms with Crippen molar-refractivity contribution in [2.45, 2.75) is 50.4 Å². The number of amides is 1. The summed E-state index contributed by atoms with van der Waals surface area (Å²) in [4.78, 5) is 12.0. The number of piperidine rings is 1. The van der Waals surface area contributed by atoms with E-state index < -0.39 is 12.0 Å². The van der Waals surface area contributed by atoms with Crippen molar-refractivity contribution < 1.29 is 28.5 Å². The van der Waals surface area contributed by atoms with Gasteiger partial charge in [-0.2, -0.15) is 0 Å². The molecular formula is C19H29F2N3O2+2. The predicted octanol–water partition coefficient (Wildman–Crippen LogP) is 0.375. The molecule has 1 amide bonds. The second-order valence-corrected chi connectivity index (χ2v) is 8.10. The number of halogens is 2. The van der Waals surface area contributed by atoms with E-state index in [-0.39, 0.29) is 25.0 Å². The number of carbonyl (C=O) groups is 1. The van der Waals surface area contributed by atoms with Crippen LogP contribution in [0.3, 0.4) is 0 Å². The molecule has 0 radical (unpaired) electrons. The van der Waals surface area contributed by atoms with Crippen molar-refractivity contribution in [1.29, 1.82) is 0 Å². The molecule has 1 aromatic carbocycles. The van der Waals surface area contributed by atoms with Crippen LogP contribution in [0.5, 0.6) is 0 Å². The molecule has 144 valence electrons. The van der Waals surface area contributed by atoms with Gasteiger partial charge in [-0.3, -0.25) is 4.79 Å². The van der Waals surface area contributed by atoms with E-state index in [1.807, 2.05) is 12.1 Å². The second kappa shape index (κ2) is 7.58. The molecule has 3 rings (SSSR count). The van der Waals surface area contributed by atoms with Crippen molar-refractivity contribution in [3.05, 3.63) is 35.4 Å². The van der Waals surface area contributed by atoms with Crippen LogP contribution >= 0.6 is 0 Å². The molecule has 1 aromatic rings. The van der Waals surface area contributed by atoms with Gasteiger partial charge in [0.15, 0.2) is 6.04 Å². The van der Waals surface area contributed by atoms with Crippen LogP contribution in [0.25, 0.3) is 0 Å². The molecule has 1 atom stereocenters. The highest BCUT2D eigenvalue weighted by Gasteiger charge is 2.46. The summed E-state index contributed by atoms with van der Waals surface area (Å²) in [7, 11) is 2.22. The fourth-order valence-electron chi connectivity index (χ4n) is 3.86. The maximum Gasteiger partial charge on any atom is 0.301 e. The lowest BCUT2D eigenvalue weighted by Crippen LogP contribution is -2.90. The first-order chi connectivity index (χ1) is 12.2. The molecule has 2 heterocycles. The third-order valence-electron chi connectivity index (χ3n) is 5.61. The van der Waals surface area contributed by atoms with Gasteiger partial charge in [-0.25, -0.2) is 8.78 Å². The normalized spacial score (nSPS) is 30.9. The number of likely N-dealkylation sites (tertiary alicyclic amines) is 1. The molecular weight excluding hydrogens is 340 g/mol. The number of hydrogen-bond donors (Lipinski definition) is 3. The van der Waals surface area contributed by atoms with Gasteiger partial charge in [0, 0.05) is 24.9 Å². The molecule has 0 bridgehead atoms. The van der Waals surface area contributed by atoms with Crippen LogP contribution in [0.4, 0.5) is 8.78 Å². The van der Waals surface area contributed by atoms with Gasteiger partial charge in [0.25, 0.3) is 5.91 Å². The minimum Gasteiger partial charge on any atom is -0.393 e. The molecule has 7 heteroatoms. The van der Waals surface area contributed by atoms with Gasteiger partial charge >= 0.3 is 5.92 Å². The van der Waals surface area contributed by atoms with Crippen LogP contribution in [0, 0.1) is 0 Å². The minimum atomic E-state index is -2.74. The number of hydrogen-bond acceptors (Lipinski definition) is 2. The first kappa shape index (κ1) is 19.2. The molecule has 2 aliphatic rings. The van der Waals surface area contributed by atoms with Crippen molar-refractivity contribution in [2.75, 3.05) is 26.7 Å². The van der Waals surface area contributed by atoms with Gasteiger partial charge in [-0.15, -0.1) is 0 Å². The Hall–Kier alpha value is -1.57. The molecule has 4 N–H and O–H groups in total. The molecule has 1 unspecified atom stereocenters. The smallest absolute Gasteiger partial charge is 0.301 e. The van der Waals surface area contributed by atoms with E-state index in [2.05, 4.69) is 24.5 Å². The number of rotatable bonds is 5. The fourth-order valence-corrected chi connectivity index (χ4v) is 3.86. The van der Waals surface area contributed by atoms with E-state index in [0.717, 1.165) is 42.5 Å². The molecule has 5 nitrogen and oxygen atoms in total. The molecule has 2 aliphatic heterocycles. The average molecular weight is 369 g/mol. The summed E-state index contributed by atoms with van der Waals surface area (Å²) in [5.74, 6) is -3.07. The predicted molar refractivity (Wildman–Crippen MR) is 93.3 cm³/mol. The number of quaternary nitrogens is 2. The number of aliphatic hydroxyl groups is 1. The largest absolute Gasteiger partial charge is 0.393 e. The first-order valence-electron chi connectivity index (χ1n) is 9.33. The number of alkyl halides is 2. The fraction of sp³-hybridized carbons (Fsp3) is 0.632. The van der Waals surface area contributed by atoms with E-state index in [1.165, 1.54) is 10.9 Å². The Morgan fingerprint density at radius 1 is 1.27 bits per heavy atom. The third-order valence-corrected chi connectivity index (χ3v) is 5.61. The van der Waals surface area contributed by atoms with Crippen molar-refractivity contribution >= 4 is 5.91 Å². The average Bonchev–Trinajstić information content (AvgIpc) is 2.97. The maximum absolute atomic E-state index is 13.2. The third kappa shape index (κ3) is 4.99. The van der Waals surface area contributed by atoms with Crippen LogP contribution < -0.4 is 10.6 Å². The highest BCUT2D eigenvalue weighted by Crippen LogP contribution is 2.22. The molecule has 0 spiro atoms. The Labute approximate surface area is 153 Å². The van der Waals surface area contributed by atoms with Crippen molar-refractivity contribution in [2.24, 2.45) is 0 Å². The van der Waals surface area contributed by atoms with Crippen LogP contribution in [0.1, 0.15) is 30.4 Å². The number of aliphatic hydroxyl groups excluding tert-OH is 1. The van der Waals surface area contributed by atoms with Gasteiger partial charge < -0.3 is 20.2 Å². The van der Waals surface area contributed by atoms with Crippen LogP contribution in [0.15, 0.2) is 24.3 Å². The Morgan fingerprint density at radius 2 is 1.88 bits per heavy atom. The number of carbonyl (C=O) groups excluding carboxylic acids is 1. The van der Waals surface area contributed by atoms with Gasteiger partial charge in [0.2, 0.25) is 0 Å². The molecule has 2 saturated heterocycles. The topological polar surface area (TPSA) is 65.9 Å². The summed E-state index contributed by atoms with van der Waals surface area (Å²) >= 11 is 0. The van der Waals surface area contributed by atoms with E-state index >= 15 is 0 Å². The van der Waals surface area contributed by atoms with E-state index in [0.29, 0.717) is 6.54 Å². The Balaban J connectivity index is 1.48. The zero-order valence-corrected chi connectivity index (χ0v) is 15.3. The number of nitrogens with one attached hydrogen (secondary N) is 1. The summed E-state index contributed by atoms with van der Waals surface area (Å²) in [6.07, 6.45) is 1.14. The summed E-state index contributed by atoms with van der Waals surface area (Å²) < 4.78 is 27.3. The first-order valence-corrected chi connectivity index (χ1v) is 9.33. The van der Waals surface area contributed by atoms with Gasteiger partial charge in [0.05, 0.1) is 32.7 Å².